The molecule has 204 valence electrons. The summed E-state index contributed by atoms with van der Waals surface area (Å²) in [6.45, 7) is 5.35. The molecule has 3 aromatic rings. The summed E-state index contributed by atoms with van der Waals surface area (Å²) in [5.41, 5.74) is 2.25. The van der Waals surface area contributed by atoms with Gasteiger partial charge < -0.3 is 15.2 Å². The number of hydrogen-bond acceptors (Lipinski definition) is 6. The van der Waals surface area contributed by atoms with E-state index < -0.39 is 39.6 Å². The fourth-order valence-corrected chi connectivity index (χ4v) is 6.72. The van der Waals surface area contributed by atoms with Gasteiger partial charge in [0.25, 0.3) is 0 Å². The van der Waals surface area contributed by atoms with Gasteiger partial charge in [0.2, 0.25) is 5.91 Å². The minimum atomic E-state index is -3.58. The van der Waals surface area contributed by atoms with E-state index in [2.05, 4.69) is 5.32 Å². The third-order valence-corrected chi connectivity index (χ3v) is 8.57. The fraction of sp³-hybridized carbons (Fsp3) is 0.333. The third kappa shape index (κ3) is 4.70. The highest BCUT2D eigenvalue weighted by Crippen LogP contribution is 2.55. The van der Waals surface area contributed by atoms with Crippen LogP contribution in [0.25, 0.3) is 11.1 Å². The molecule has 2 amide bonds. The number of fused-ring (bicyclic) bond motifs is 2. The average Bonchev–Trinajstić information content (AvgIpc) is 3.41. The Morgan fingerprint density at radius 2 is 1.79 bits per heavy atom. The molecule has 1 spiro atoms. The molecule has 0 aliphatic carbocycles. The molecule has 2 aliphatic rings. The molecule has 0 bridgehead atoms. The maximum atomic E-state index is 13.7. The summed E-state index contributed by atoms with van der Waals surface area (Å²) in [5, 5.41) is 12.7. The summed E-state index contributed by atoms with van der Waals surface area (Å²) >= 11 is 0. The summed E-state index contributed by atoms with van der Waals surface area (Å²) in [6.07, 6.45) is 1.03. The Balaban J connectivity index is 1.66. The molecule has 0 saturated carbocycles. The van der Waals surface area contributed by atoms with Crippen molar-refractivity contribution in [2.45, 2.75) is 55.8 Å². The Labute approximate surface area is 228 Å². The van der Waals surface area contributed by atoms with Gasteiger partial charge >= 0.3 is 6.09 Å². The number of nitrogens with one attached hydrogen (secondary N) is 1. The summed E-state index contributed by atoms with van der Waals surface area (Å²) < 4.78 is 30.6. The molecule has 2 aliphatic heterocycles. The standard InChI is InChI=1S/C30H32N2O6S/c1-29(2,3)38-28(35)32-15-14-30(23-10-5-6-11-24(23)31-27(30)34)26(32)21-9-7-8-19(16-21)20-12-13-22(18-33)25(17-20)39(4,36)37/h5-13,16-17,26,33H,14-15,18H2,1-4H3,(H,31,34). The number of sulfone groups is 1. The molecule has 1 fully saturated rings. The second kappa shape index (κ2) is 9.50. The van der Waals surface area contributed by atoms with Gasteiger partial charge in [-0.1, -0.05) is 48.5 Å². The minimum Gasteiger partial charge on any atom is -0.444 e. The number of hydrogen-bond donors (Lipinski definition) is 2. The van der Waals surface area contributed by atoms with Crippen molar-refractivity contribution in [1.82, 2.24) is 4.90 Å². The van der Waals surface area contributed by atoms with Crippen LogP contribution in [0, 0.1) is 0 Å². The van der Waals surface area contributed by atoms with Crippen LogP contribution in [0.1, 0.15) is 49.9 Å². The minimum absolute atomic E-state index is 0.0599. The van der Waals surface area contributed by atoms with Crippen LogP contribution in [0.2, 0.25) is 0 Å². The molecule has 2 atom stereocenters. The van der Waals surface area contributed by atoms with E-state index in [9.17, 15) is 23.1 Å². The number of rotatable bonds is 4. The number of carbonyl (C=O) groups excluding carboxylic acids is 2. The van der Waals surface area contributed by atoms with Crippen LogP contribution in [0.15, 0.2) is 71.6 Å². The van der Waals surface area contributed by atoms with Gasteiger partial charge in [-0.3, -0.25) is 9.69 Å². The third-order valence-electron chi connectivity index (χ3n) is 7.39. The molecular formula is C30H32N2O6S. The number of para-hydroxylation sites is 1. The van der Waals surface area contributed by atoms with Crippen LogP contribution >= 0.6 is 0 Å². The smallest absolute Gasteiger partial charge is 0.410 e. The molecule has 5 rings (SSSR count). The van der Waals surface area contributed by atoms with E-state index in [0.717, 1.165) is 28.6 Å². The predicted octanol–water partition coefficient (Wildman–Crippen LogP) is 4.82. The highest BCUT2D eigenvalue weighted by atomic mass is 32.2. The Morgan fingerprint density at radius 3 is 2.49 bits per heavy atom. The van der Waals surface area contributed by atoms with Crippen LogP contribution < -0.4 is 5.32 Å². The number of ether oxygens (including phenoxy) is 1. The SMILES string of the molecule is CC(C)(C)OC(=O)N1CCC2(C(=O)Nc3ccccc32)C1c1cccc(-c2ccc(CO)c(S(C)(=O)=O)c2)c1. The van der Waals surface area contributed by atoms with Crippen molar-refractivity contribution in [2.24, 2.45) is 0 Å². The van der Waals surface area contributed by atoms with Gasteiger partial charge in [-0.05, 0) is 73.2 Å². The largest absolute Gasteiger partial charge is 0.444 e. The quantitative estimate of drug-likeness (QED) is 0.483. The van der Waals surface area contributed by atoms with E-state index in [0.29, 0.717) is 24.1 Å². The highest BCUT2D eigenvalue weighted by molar-refractivity contribution is 7.90. The Hall–Kier alpha value is -3.69. The van der Waals surface area contributed by atoms with Crippen LogP contribution in [-0.2, 0) is 31.4 Å². The van der Waals surface area contributed by atoms with E-state index in [1.807, 2.05) is 48.5 Å². The normalized spacial score (nSPS) is 20.7. The second-order valence-electron chi connectivity index (χ2n) is 11.2. The van der Waals surface area contributed by atoms with E-state index in [4.69, 9.17) is 4.74 Å². The van der Waals surface area contributed by atoms with Crippen molar-refractivity contribution in [2.75, 3.05) is 18.1 Å². The maximum Gasteiger partial charge on any atom is 0.410 e. The van der Waals surface area contributed by atoms with Crippen molar-refractivity contribution >= 4 is 27.5 Å². The summed E-state index contributed by atoms with van der Waals surface area (Å²) in [7, 11) is -3.58. The number of likely N-dealkylation sites (tertiary alicyclic amines) is 1. The lowest BCUT2D eigenvalue weighted by Crippen LogP contribution is -2.44. The molecule has 2 N–H and O–H groups in total. The van der Waals surface area contributed by atoms with Crippen molar-refractivity contribution in [3.8, 4) is 11.1 Å². The number of amides is 2. The molecule has 8 nitrogen and oxygen atoms in total. The molecule has 3 aromatic carbocycles. The molecule has 2 heterocycles. The number of aliphatic hydroxyl groups is 1. The number of nitrogens with zero attached hydrogens (tertiary/aromatic N) is 1. The molecule has 2 unspecified atom stereocenters. The molecule has 1 saturated heterocycles. The van der Waals surface area contributed by atoms with Crippen molar-refractivity contribution in [3.63, 3.8) is 0 Å². The van der Waals surface area contributed by atoms with Crippen LogP contribution in [0.3, 0.4) is 0 Å². The van der Waals surface area contributed by atoms with Gasteiger partial charge in [0.15, 0.2) is 9.84 Å². The monoisotopic (exact) mass is 548 g/mol. The first-order valence-corrected chi connectivity index (χ1v) is 14.7. The first-order chi connectivity index (χ1) is 18.3. The van der Waals surface area contributed by atoms with E-state index in [1.54, 1.807) is 43.9 Å². The Kier molecular flexibility index (Phi) is 6.55. The zero-order valence-corrected chi connectivity index (χ0v) is 23.2. The van der Waals surface area contributed by atoms with Gasteiger partial charge in [-0.25, -0.2) is 13.2 Å². The number of benzene rings is 3. The molecular weight excluding hydrogens is 516 g/mol. The maximum absolute atomic E-state index is 13.7. The fourth-order valence-electron chi connectivity index (χ4n) is 5.77. The second-order valence-corrected chi connectivity index (χ2v) is 13.2. The zero-order chi connectivity index (χ0) is 28.2. The van der Waals surface area contributed by atoms with Gasteiger partial charge in [-0.2, -0.15) is 0 Å². The van der Waals surface area contributed by atoms with Crippen molar-refractivity contribution < 1.29 is 27.9 Å². The first kappa shape index (κ1) is 26.9. The van der Waals surface area contributed by atoms with E-state index in [-0.39, 0.29) is 10.8 Å². The van der Waals surface area contributed by atoms with Crippen LogP contribution in [-0.4, -0.2) is 48.8 Å². The molecule has 0 radical (unpaired) electrons. The van der Waals surface area contributed by atoms with Crippen molar-refractivity contribution in [1.29, 1.82) is 0 Å². The van der Waals surface area contributed by atoms with E-state index in [1.165, 1.54) is 0 Å². The number of aliphatic hydroxyl groups excluding tert-OH is 1. The summed E-state index contributed by atoms with van der Waals surface area (Å²) in [6, 6.07) is 19.3. The van der Waals surface area contributed by atoms with Crippen LogP contribution in [0.5, 0.6) is 0 Å². The topological polar surface area (TPSA) is 113 Å². The Bertz CT molecular complexity index is 1580. The lowest BCUT2D eigenvalue weighted by Gasteiger charge is -2.35. The molecule has 39 heavy (non-hydrogen) atoms. The van der Waals surface area contributed by atoms with Gasteiger partial charge in [0.1, 0.15) is 11.0 Å². The summed E-state index contributed by atoms with van der Waals surface area (Å²) in [4.78, 5) is 28.8. The first-order valence-electron chi connectivity index (χ1n) is 12.8. The average molecular weight is 549 g/mol. The number of anilines is 1. The zero-order valence-electron chi connectivity index (χ0n) is 22.4. The lowest BCUT2D eigenvalue weighted by atomic mass is 9.72. The van der Waals surface area contributed by atoms with Crippen LogP contribution in [0.4, 0.5) is 10.5 Å². The summed E-state index contributed by atoms with van der Waals surface area (Å²) in [5.74, 6) is -0.170. The number of carbonyl (C=O) groups is 2. The van der Waals surface area contributed by atoms with Gasteiger partial charge in [0.05, 0.1) is 17.5 Å². The van der Waals surface area contributed by atoms with E-state index >= 15 is 0 Å². The van der Waals surface area contributed by atoms with Gasteiger partial charge in [0, 0.05) is 18.5 Å². The lowest BCUT2D eigenvalue weighted by molar-refractivity contribution is -0.121. The predicted molar refractivity (Wildman–Crippen MR) is 148 cm³/mol. The van der Waals surface area contributed by atoms with Crippen molar-refractivity contribution in [3.05, 3.63) is 83.4 Å². The highest BCUT2D eigenvalue weighted by Gasteiger charge is 2.60. The molecule has 0 aromatic heterocycles. The molecule has 9 heteroatoms. The van der Waals surface area contributed by atoms with Gasteiger partial charge in [-0.15, -0.1) is 0 Å². The Morgan fingerprint density at radius 1 is 1.08 bits per heavy atom.